The minimum Gasteiger partial charge on any atom is -0.315 e. The van der Waals surface area contributed by atoms with Crippen LogP contribution in [0, 0.1) is 11.7 Å². The molecule has 1 rings (SSSR count). The van der Waals surface area contributed by atoms with Crippen molar-refractivity contribution in [3.63, 3.8) is 0 Å². The third-order valence-corrected chi connectivity index (χ3v) is 3.15. The maximum absolute atomic E-state index is 13.2. The molecule has 0 heterocycles. The molecule has 1 aromatic carbocycles. The average Bonchev–Trinajstić information content (AvgIpc) is 2.14. The SMILES string of the molecule is CC(CCNC(C)C)Cc1cc(F)cc(Br)c1. The van der Waals surface area contributed by atoms with Crippen LogP contribution in [0.1, 0.15) is 32.8 Å². The van der Waals surface area contributed by atoms with Crippen molar-refractivity contribution in [2.24, 2.45) is 5.92 Å². The Bertz CT molecular complexity index is 332. The van der Waals surface area contributed by atoms with E-state index in [0.29, 0.717) is 12.0 Å². The monoisotopic (exact) mass is 301 g/mol. The van der Waals surface area contributed by atoms with E-state index in [1.807, 2.05) is 6.07 Å². The Morgan fingerprint density at radius 2 is 1.94 bits per heavy atom. The number of halogens is 2. The highest BCUT2D eigenvalue weighted by molar-refractivity contribution is 9.10. The van der Waals surface area contributed by atoms with Gasteiger partial charge in [-0.05, 0) is 49.1 Å². The second-order valence-corrected chi connectivity index (χ2v) is 5.90. The van der Waals surface area contributed by atoms with E-state index in [2.05, 4.69) is 42.0 Å². The third-order valence-electron chi connectivity index (χ3n) is 2.70. The number of benzene rings is 1. The molecule has 1 aromatic rings. The van der Waals surface area contributed by atoms with Crippen molar-refractivity contribution in [2.75, 3.05) is 6.54 Å². The number of hydrogen-bond donors (Lipinski definition) is 1. The van der Waals surface area contributed by atoms with Crippen LogP contribution in [0.3, 0.4) is 0 Å². The molecule has 0 saturated carbocycles. The second kappa shape index (κ2) is 7.12. The van der Waals surface area contributed by atoms with E-state index in [1.165, 1.54) is 6.07 Å². The molecule has 3 heteroatoms. The molecule has 1 nitrogen and oxygen atoms in total. The average molecular weight is 302 g/mol. The van der Waals surface area contributed by atoms with Gasteiger partial charge in [-0.25, -0.2) is 4.39 Å². The van der Waals surface area contributed by atoms with Crippen LogP contribution in [0.25, 0.3) is 0 Å². The molecule has 0 saturated heterocycles. The van der Waals surface area contributed by atoms with Crippen LogP contribution in [0.5, 0.6) is 0 Å². The molecule has 0 aromatic heterocycles. The maximum Gasteiger partial charge on any atom is 0.124 e. The molecule has 0 spiro atoms. The van der Waals surface area contributed by atoms with Gasteiger partial charge in [0.05, 0.1) is 0 Å². The van der Waals surface area contributed by atoms with Gasteiger partial charge in [-0.15, -0.1) is 0 Å². The lowest BCUT2D eigenvalue weighted by Gasteiger charge is -2.14. The Hall–Kier alpha value is -0.410. The summed E-state index contributed by atoms with van der Waals surface area (Å²) in [6, 6.07) is 5.65. The predicted molar refractivity (Wildman–Crippen MR) is 74.7 cm³/mol. The summed E-state index contributed by atoms with van der Waals surface area (Å²) in [5.41, 5.74) is 1.06. The van der Waals surface area contributed by atoms with Crippen LogP contribution in [-0.4, -0.2) is 12.6 Å². The quantitative estimate of drug-likeness (QED) is 0.832. The van der Waals surface area contributed by atoms with Crippen molar-refractivity contribution in [1.82, 2.24) is 5.32 Å². The first-order valence-corrected chi connectivity index (χ1v) is 6.95. The van der Waals surface area contributed by atoms with E-state index in [4.69, 9.17) is 0 Å². The summed E-state index contributed by atoms with van der Waals surface area (Å²) in [5, 5.41) is 3.40. The first-order chi connectivity index (χ1) is 7.97. The van der Waals surface area contributed by atoms with E-state index < -0.39 is 0 Å². The van der Waals surface area contributed by atoms with Crippen molar-refractivity contribution in [3.05, 3.63) is 34.1 Å². The van der Waals surface area contributed by atoms with Gasteiger partial charge < -0.3 is 5.32 Å². The lowest BCUT2D eigenvalue weighted by Crippen LogP contribution is -2.25. The fourth-order valence-electron chi connectivity index (χ4n) is 1.85. The van der Waals surface area contributed by atoms with Crippen molar-refractivity contribution in [1.29, 1.82) is 0 Å². The van der Waals surface area contributed by atoms with Gasteiger partial charge in [0.1, 0.15) is 5.82 Å². The van der Waals surface area contributed by atoms with Crippen LogP contribution >= 0.6 is 15.9 Å². The Morgan fingerprint density at radius 1 is 1.24 bits per heavy atom. The van der Waals surface area contributed by atoms with E-state index in [-0.39, 0.29) is 5.82 Å². The summed E-state index contributed by atoms with van der Waals surface area (Å²) in [4.78, 5) is 0. The molecule has 0 aliphatic rings. The van der Waals surface area contributed by atoms with Gasteiger partial charge >= 0.3 is 0 Å². The van der Waals surface area contributed by atoms with E-state index in [9.17, 15) is 4.39 Å². The van der Waals surface area contributed by atoms with Crippen molar-refractivity contribution in [2.45, 2.75) is 39.7 Å². The minimum atomic E-state index is -0.165. The third kappa shape index (κ3) is 6.18. The molecule has 96 valence electrons. The summed E-state index contributed by atoms with van der Waals surface area (Å²) in [6.45, 7) is 7.53. The van der Waals surface area contributed by atoms with Gasteiger partial charge in [-0.1, -0.05) is 36.7 Å². The zero-order valence-corrected chi connectivity index (χ0v) is 12.3. The summed E-state index contributed by atoms with van der Waals surface area (Å²) in [6.07, 6.45) is 2.04. The Kier molecular flexibility index (Phi) is 6.14. The van der Waals surface area contributed by atoms with Crippen LogP contribution in [0.15, 0.2) is 22.7 Å². The van der Waals surface area contributed by atoms with Crippen LogP contribution < -0.4 is 5.32 Å². The molecule has 0 aliphatic carbocycles. The van der Waals surface area contributed by atoms with E-state index in [0.717, 1.165) is 29.4 Å². The van der Waals surface area contributed by atoms with E-state index >= 15 is 0 Å². The molecular weight excluding hydrogens is 281 g/mol. The van der Waals surface area contributed by atoms with Crippen molar-refractivity contribution < 1.29 is 4.39 Å². The van der Waals surface area contributed by atoms with Crippen LogP contribution in [0.2, 0.25) is 0 Å². The second-order valence-electron chi connectivity index (χ2n) is 4.98. The summed E-state index contributed by atoms with van der Waals surface area (Å²) < 4.78 is 14.0. The highest BCUT2D eigenvalue weighted by Gasteiger charge is 2.06. The van der Waals surface area contributed by atoms with E-state index in [1.54, 1.807) is 6.07 Å². The number of nitrogens with one attached hydrogen (secondary N) is 1. The zero-order chi connectivity index (χ0) is 12.8. The van der Waals surface area contributed by atoms with Gasteiger partial charge in [0.2, 0.25) is 0 Å². The molecule has 0 radical (unpaired) electrons. The van der Waals surface area contributed by atoms with Gasteiger partial charge in [-0.2, -0.15) is 0 Å². The maximum atomic E-state index is 13.2. The highest BCUT2D eigenvalue weighted by atomic mass is 79.9. The molecule has 0 bridgehead atoms. The molecular formula is C14H21BrFN. The normalized spacial score (nSPS) is 13.1. The smallest absolute Gasteiger partial charge is 0.124 e. The van der Waals surface area contributed by atoms with Gasteiger partial charge in [0, 0.05) is 10.5 Å². The first kappa shape index (κ1) is 14.7. The summed E-state index contributed by atoms with van der Waals surface area (Å²) >= 11 is 3.32. The summed E-state index contributed by atoms with van der Waals surface area (Å²) in [7, 11) is 0. The Morgan fingerprint density at radius 3 is 2.53 bits per heavy atom. The molecule has 17 heavy (non-hydrogen) atoms. The molecule has 0 aliphatic heterocycles. The van der Waals surface area contributed by atoms with Gasteiger partial charge in [0.15, 0.2) is 0 Å². The van der Waals surface area contributed by atoms with Crippen LogP contribution in [-0.2, 0) is 6.42 Å². The lowest BCUT2D eigenvalue weighted by atomic mass is 9.98. The number of rotatable bonds is 6. The molecule has 1 atom stereocenters. The topological polar surface area (TPSA) is 12.0 Å². The molecule has 0 fully saturated rings. The molecule has 1 N–H and O–H groups in total. The van der Waals surface area contributed by atoms with Crippen molar-refractivity contribution in [3.8, 4) is 0 Å². The number of hydrogen-bond acceptors (Lipinski definition) is 1. The lowest BCUT2D eigenvalue weighted by molar-refractivity contribution is 0.475. The van der Waals surface area contributed by atoms with Gasteiger partial charge in [-0.3, -0.25) is 0 Å². The Balaban J connectivity index is 2.42. The van der Waals surface area contributed by atoms with Gasteiger partial charge in [0.25, 0.3) is 0 Å². The molecule has 0 amide bonds. The largest absolute Gasteiger partial charge is 0.315 e. The fraction of sp³-hybridized carbons (Fsp3) is 0.571. The molecule has 1 unspecified atom stereocenters. The standard InChI is InChI=1S/C14H21BrFN/c1-10(2)17-5-4-11(3)6-12-7-13(15)9-14(16)8-12/h7-11,17H,4-6H2,1-3H3. The fourth-order valence-corrected chi connectivity index (χ4v) is 2.36. The summed E-state index contributed by atoms with van der Waals surface area (Å²) in [5.74, 6) is 0.400. The minimum absolute atomic E-state index is 0.165. The Labute approximate surface area is 112 Å². The predicted octanol–water partition coefficient (Wildman–Crippen LogP) is 4.15. The zero-order valence-electron chi connectivity index (χ0n) is 10.8. The van der Waals surface area contributed by atoms with Crippen LogP contribution in [0.4, 0.5) is 4.39 Å². The highest BCUT2D eigenvalue weighted by Crippen LogP contribution is 2.18. The first-order valence-electron chi connectivity index (χ1n) is 6.15. The van der Waals surface area contributed by atoms with Crippen molar-refractivity contribution >= 4 is 15.9 Å².